The van der Waals surface area contributed by atoms with Crippen molar-refractivity contribution in [3.8, 4) is 0 Å². The lowest BCUT2D eigenvalue weighted by molar-refractivity contribution is -0.167. The summed E-state index contributed by atoms with van der Waals surface area (Å²) in [5.41, 5.74) is 0. The molecule has 1 unspecified atom stereocenters. The topological polar surface area (TPSA) is 78.9 Å². The molecule has 0 fully saturated rings. The number of rotatable bonds is 64. The van der Waals surface area contributed by atoms with Gasteiger partial charge in [-0.25, -0.2) is 0 Å². The molecule has 0 aliphatic heterocycles. The quantitative estimate of drug-likeness (QED) is 0.0261. The fraction of sp³-hybridized carbons (Fsp3) is 0.928. The van der Waals surface area contributed by atoms with Crippen molar-refractivity contribution in [2.45, 2.75) is 399 Å². The first kappa shape index (κ1) is 73.2. The van der Waals surface area contributed by atoms with Gasteiger partial charge in [0, 0.05) is 19.3 Å². The third-order valence-corrected chi connectivity index (χ3v) is 15.8. The van der Waals surface area contributed by atoms with Gasteiger partial charge in [0.05, 0.1) is 0 Å². The van der Waals surface area contributed by atoms with Crippen molar-refractivity contribution >= 4 is 17.9 Å². The van der Waals surface area contributed by atoms with E-state index in [-0.39, 0.29) is 31.1 Å². The number of hydrogen-bond acceptors (Lipinski definition) is 6. The van der Waals surface area contributed by atoms with E-state index in [1.165, 1.54) is 283 Å². The summed E-state index contributed by atoms with van der Waals surface area (Å²) in [6, 6.07) is 0. The molecule has 0 aromatic heterocycles. The zero-order valence-electron chi connectivity index (χ0n) is 51.1. The lowest BCUT2D eigenvalue weighted by Gasteiger charge is -2.18. The maximum absolute atomic E-state index is 12.9. The summed E-state index contributed by atoms with van der Waals surface area (Å²) in [5, 5.41) is 0. The minimum Gasteiger partial charge on any atom is -0.462 e. The van der Waals surface area contributed by atoms with E-state index < -0.39 is 6.10 Å². The monoisotopic (exact) mass is 1060 g/mol. The summed E-state index contributed by atoms with van der Waals surface area (Å²) in [7, 11) is 0. The van der Waals surface area contributed by atoms with Crippen LogP contribution < -0.4 is 0 Å². The van der Waals surface area contributed by atoms with Gasteiger partial charge in [0.15, 0.2) is 6.10 Å². The average molecular weight is 1060 g/mol. The van der Waals surface area contributed by atoms with E-state index in [4.69, 9.17) is 14.2 Å². The Morgan fingerprint density at radius 3 is 0.720 bits per heavy atom. The van der Waals surface area contributed by atoms with Gasteiger partial charge in [0.2, 0.25) is 0 Å². The van der Waals surface area contributed by atoms with Gasteiger partial charge in [-0.1, -0.05) is 348 Å². The normalized spacial score (nSPS) is 12.0. The van der Waals surface area contributed by atoms with Crippen molar-refractivity contribution < 1.29 is 28.6 Å². The first-order chi connectivity index (χ1) is 37.0. The van der Waals surface area contributed by atoms with Crippen molar-refractivity contribution in [3.05, 3.63) is 12.2 Å². The molecular formula is C69H132O6. The first-order valence-corrected chi connectivity index (χ1v) is 34.2. The van der Waals surface area contributed by atoms with Gasteiger partial charge in [0.1, 0.15) is 13.2 Å². The van der Waals surface area contributed by atoms with Crippen molar-refractivity contribution in [1.82, 2.24) is 0 Å². The summed E-state index contributed by atoms with van der Waals surface area (Å²) < 4.78 is 16.9. The Morgan fingerprint density at radius 2 is 0.467 bits per heavy atom. The van der Waals surface area contributed by atoms with E-state index in [2.05, 4.69) is 32.9 Å². The molecule has 75 heavy (non-hydrogen) atoms. The SMILES string of the molecule is CCC/C=C\CCCCCCCC(=O)OCC(COC(=O)CCCCCCCCCCCCCCCCCCCCCCCCCCCCCCCCCC)OC(=O)CCCCCCCCCCCCCCCCC. The van der Waals surface area contributed by atoms with Crippen molar-refractivity contribution in [3.63, 3.8) is 0 Å². The van der Waals surface area contributed by atoms with E-state index in [0.29, 0.717) is 19.3 Å². The Bertz CT molecular complexity index is 1170. The molecule has 0 rings (SSSR count). The van der Waals surface area contributed by atoms with E-state index in [1.807, 2.05) is 0 Å². The number of unbranched alkanes of at least 4 members (excludes halogenated alkanes) is 51. The summed E-state index contributed by atoms with van der Waals surface area (Å²) in [5.74, 6) is -0.849. The van der Waals surface area contributed by atoms with E-state index in [0.717, 1.165) is 70.6 Å². The van der Waals surface area contributed by atoms with Crippen LogP contribution in [0, 0.1) is 0 Å². The molecular weight excluding hydrogens is 925 g/mol. The molecule has 0 heterocycles. The zero-order chi connectivity index (χ0) is 54.3. The van der Waals surface area contributed by atoms with Crippen LogP contribution in [0.1, 0.15) is 393 Å². The molecule has 0 bridgehead atoms. The fourth-order valence-electron chi connectivity index (χ4n) is 10.6. The third kappa shape index (κ3) is 62.9. The van der Waals surface area contributed by atoms with Crippen molar-refractivity contribution in [1.29, 1.82) is 0 Å². The highest BCUT2D eigenvalue weighted by atomic mass is 16.6. The molecule has 6 nitrogen and oxygen atoms in total. The zero-order valence-corrected chi connectivity index (χ0v) is 51.1. The summed E-state index contributed by atoms with van der Waals surface area (Å²) in [6.45, 7) is 6.65. The lowest BCUT2D eigenvalue weighted by Crippen LogP contribution is -2.30. The molecule has 444 valence electrons. The van der Waals surface area contributed by atoms with Crippen LogP contribution in [-0.4, -0.2) is 37.2 Å². The Hall–Kier alpha value is -1.85. The first-order valence-electron chi connectivity index (χ1n) is 34.2. The van der Waals surface area contributed by atoms with E-state index >= 15 is 0 Å². The standard InChI is InChI=1S/C69H132O6/c1-4-7-10-13-16-19-22-24-26-27-28-29-30-31-32-33-34-35-36-37-38-39-40-41-42-44-45-47-50-53-56-59-62-68(71)74-65-66(64-73-67(70)61-58-55-52-49-21-18-15-12-9-6-3)75-69(72)63-60-57-54-51-48-46-43-25-23-20-17-14-11-8-5-2/h12,15,66H,4-11,13-14,16-65H2,1-3H3/b15-12-. The Labute approximate surface area is 469 Å². The smallest absolute Gasteiger partial charge is 0.306 e. The fourth-order valence-corrected chi connectivity index (χ4v) is 10.6. The van der Waals surface area contributed by atoms with Gasteiger partial charge in [-0.2, -0.15) is 0 Å². The van der Waals surface area contributed by atoms with Gasteiger partial charge < -0.3 is 14.2 Å². The van der Waals surface area contributed by atoms with Crippen molar-refractivity contribution in [2.24, 2.45) is 0 Å². The van der Waals surface area contributed by atoms with Crippen molar-refractivity contribution in [2.75, 3.05) is 13.2 Å². The Balaban J connectivity index is 4.00. The summed E-state index contributed by atoms with van der Waals surface area (Å²) in [4.78, 5) is 38.2. The number of carbonyl (C=O) groups is 3. The molecule has 0 radical (unpaired) electrons. The molecule has 1 atom stereocenters. The molecule has 6 heteroatoms. The van der Waals surface area contributed by atoms with Crippen LogP contribution >= 0.6 is 0 Å². The lowest BCUT2D eigenvalue weighted by atomic mass is 10.0. The number of ether oxygens (including phenoxy) is 3. The summed E-state index contributed by atoms with van der Waals surface area (Å²) in [6.07, 6.45) is 77.0. The van der Waals surface area contributed by atoms with Gasteiger partial charge in [-0.3, -0.25) is 14.4 Å². The largest absolute Gasteiger partial charge is 0.462 e. The predicted octanol–water partition coefficient (Wildman–Crippen LogP) is 23.2. The van der Waals surface area contributed by atoms with Gasteiger partial charge >= 0.3 is 17.9 Å². The average Bonchev–Trinajstić information content (AvgIpc) is 3.41. The highest BCUT2D eigenvalue weighted by Crippen LogP contribution is 2.19. The molecule has 0 aromatic carbocycles. The minimum atomic E-state index is -0.768. The second-order valence-electron chi connectivity index (χ2n) is 23.5. The van der Waals surface area contributed by atoms with Crippen LogP contribution in [0.25, 0.3) is 0 Å². The minimum absolute atomic E-state index is 0.0664. The van der Waals surface area contributed by atoms with Gasteiger partial charge in [0.25, 0.3) is 0 Å². The molecule has 0 amide bonds. The third-order valence-electron chi connectivity index (χ3n) is 15.8. The predicted molar refractivity (Wildman–Crippen MR) is 326 cm³/mol. The van der Waals surface area contributed by atoms with Crippen LogP contribution in [0.15, 0.2) is 12.2 Å². The second-order valence-corrected chi connectivity index (χ2v) is 23.5. The number of carbonyl (C=O) groups excluding carboxylic acids is 3. The van der Waals surface area contributed by atoms with E-state index in [1.54, 1.807) is 0 Å². The Kier molecular flexibility index (Phi) is 63.1. The van der Waals surface area contributed by atoms with Crippen LogP contribution in [0.3, 0.4) is 0 Å². The maximum atomic E-state index is 12.9. The highest BCUT2D eigenvalue weighted by molar-refractivity contribution is 5.71. The highest BCUT2D eigenvalue weighted by Gasteiger charge is 2.19. The van der Waals surface area contributed by atoms with Crippen LogP contribution in [0.2, 0.25) is 0 Å². The summed E-state index contributed by atoms with van der Waals surface area (Å²) >= 11 is 0. The molecule has 0 aliphatic rings. The maximum Gasteiger partial charge on any atom is 0.306 e. The van der Waals surface area contributed by atoms with Crippen LogP contribution in [0.5, 0.6) is 0 Å². The molecule has 0 N–H and O–H groups in total. The Morgan fingerprint density at radius 1 is 0.253 bits per heavy atom. The number of allylic oxidation sites excluding steroid dienone is 2. The molecule has 0 aliphatic carbocycles. The molecule has 0 aromatic rings. The van der Waals surface area contributed by atoms with Crippen LogP contribution in [0.4, 0.5) is 0 Å². The van der Waals surface area contributed by atoms with E-state index in [9.17, 15) is 14.4 Å². The van der Waals surface area contributed by atoms with Gasteiger partial charge in [-0.15, -0.1) is 0 Å². The molecule has 0 spiro atoms. The molecule has 0 saturated carbocycles. The number of esters is 3. The van der Waals surface area contributed by atoms with Crippen LogP contribution in [-0.2, 0) is 28.6 Å². The second kappa shape index (κ2) is 64.7. The van der Waals surface area contributed by atoms with Gasteiger partial charge in [-0.05, 0) is 38.5 Å². The number of hydrogen-bond donors (Lipinski definition) is 0. The molecule has 0 saturated heterocycles.